The van der Waals surface area contributed by atoms with Crippen molar-refractivity contribution in [1.82, 2.24) is 4.90 Å². The summed E-state index contributed by atoms with van der Waals surface area (Å²) >= 11 is 8.07. The van der Waals surface area contributed by atoms with Gasteiger partial charge in [-0.05, 0) is 59.2 Å². The fraction of sp³-hybridized carbons (Fsp3) is 0.538. The predicted octanol–water partition coefficient (Wildman–Crippen LogP) is 5.17. The highest BCUT2D eigenvalue weighted by atomic mass is 35.5. The molecule has 0 amide bonds. The Morgan fingerprint density at radius 1 is 1.26 bits per heavy atom. The minimum atomic E-state index is -4.08. The molecule has 2 bridgehead atoms. The highest BCUT2D eigenvalue weighted by Gasteiger charge is 2.65. The summed E-state index contributed by atoms with van der Waals surface area (Å²) < 4.78 is 36.0. The van der Waals surface area contributed by atoms with Crippen LogP contribution in [0.1, 0.15) is 55.2 Å². The number of rotatable bonds is 5. The summed E-state index contributed by atoms with van der Waals surface area (Å²) in [4.78, 5) is 27.7. The minimum Gasteiger partial charge on any atom is -0.468 e. The molecule has 5 rings (SSSR count). The zero-order chi connectivity index (χ0) is 26.3. The second-order valence-corrected chi connectivity index (χ2v) is 13.3. The van der Waals surface area contributed by atoms with E-state index in [0.717, 1.165) is 31.5 Å². The van der Waals surface area contributed by atoms with Crippen molar-refractivity contribution in [2.45, 2.75) is 52.1 Å². The molecule has 38 heavy (non-hydrogen) atoms. The molecule has 2 fully saturated rings. The number of ketones is 1. The van der Waals surface area contributed by atoms with E-state index in [9.17, 15) is 18.0 Å². The van der Waals surface area contributed by atoms with Gasteiger partial charge in [0, 0.05) is 29.4 Å². The van der Waals surface area contributed by atoms with Crippen LogP contribution in [-0.4, -0.2) is 49.0 Å². The minimum absolute atomic E-state index is 0. The van der Waals surface area contributed by atoms with Crippen molar-refractivity contribution in [3.8, 4) is 0 Å². The van der Waals surface area contributed by atoms with E-state index >= 15 is 0 Å². The first kappa shape index (κ1) is 33.1. The molecule has 1 N–H and O–H groups in total. The Morgan fingerprint density at radius 3 is 2.50 bits per heavy atom. The largest absolute Gasteiger partial charge is 0.468 e. The summed E-state index contributed by atoms with van der Waals surface area (Å²) in [5, 5.41) is 2.71. The number of hydrogen-bond donors (Lipinski definition) is 1. The van der Waals surface area contributed by atoms with E-state index in [0.29, 0.717) is 17.9 Å². The van der Waals surface area contributed by atoms with Gasteiger partial charge in [0.2, 0.25) is 0 Å². The van der Waals surface area contributed by atoms with Gasteiger partial charge in [0.25, 0.3) is 10.1 Å². The fourth-order valence-corrected chi connectivity index (χ4v) is 8.62. The molecule has 1 aromatic heterocycles. The van der Waals surface area contributed by atoms with Crippen LogP contribution >= 0.6 is 49.9 Å². The van der Waals surface area contributed by atoms with Gasteiger partial charge in [-0.15, -0.1) is 11.3 Å². The number of halogens is 1. The monoisotopic (exact) mass is 621 g/mol. The smallest absolute Gasteiger partial charge is 0.327 e. The van der Waals surface area contributed by atoms with Crippen LogP contribution in [0.2, 0.25) is 5.02 Å². The normalized spacial score (nSPS) is 24.2. The number of methoxy groups -OCH3 is 1. The molecule has 2 unspecified atom stereocenters. The average molecular weight is 622 g/mol. The van der Waals surface area contributed by atoms with E-state index in [1.54, 1.807) is 11.3 Å². The topological polar surface area (TPSA) is 101 Å². The summed E-state index contributed by atoms with van der Waals surface area (Å²) in [6.07, 6.45) is 2.94. The molecule has 7 nitrogen and oxygen atoms in total. The first-order valence-electron chi connectivity index (χ1n) is 12.0. The van der Waals surface area contributed by atoms with E-state index in [1.807, 2.05) is 38.1 Å². The molecule has 0 radical (unpaired) electrons. The number of ether oxygens (including phenoxy) is 1. The lowest BCUT2D eigenvalue weighted by Crippen LogP contribution is -2.42. The van der Waals surface area contributed by atoms with Crippen LogP contribution in [0.25, 0.3) is 0 Å². The molecule has 3 aliphatic rings. The zero-order valence-electron chi connectivity index (χ0n) is 21.7. The van der Waals surface area contributed by atoms with E-state index in [2.05, 4.69) is 16.3 Å². The molecule has 212 valence electrons. The van der Waals surface area contributed by atoms with Crippen molar-refractivity contribution < 1.29 is 27.3 Å². The van der Waals surface area contributed by atoms with Gasteiger partial charge < -0.3 is 4.74 Å². The Bertz CT molecular complexity index is 1260. The van der Waals surface area contributed by atoms with Gasteiger partial charge >= 0.3 is 5.97 Å². The summed E-state index contributed by atoms with van der Waals surface area (Å²) in [5.41, 5.74) is 0.988. The Morgan fingerprint density at radius 2 is 1.95 bits per heavy atom. The molecular weight excluding hydrogens is 586 g/mol. The van der Waals surface area contributed by atoms with Gasteiger partial charge in [0.15, 0.2) is 0 Å². The highest BCUT2D eigenvalue weighted by Crippen LogP contribution is 2.64. The maximum absolute atomic E-state index is 12.3. The molecular formula is C26H36ClNO6S4. The maximum atomic E-state index is 12.3. The van der Waals surface area contributed by atoms with Gasteiger partial charge in [-0.1, -0.05) is 43.6 Å². The van der Waals surface area contributed by atoms with Crippen molar-refractivity contribution in [1.29, 1.82) is 0 Å². The summed E-state index contributed by atoms with van der Waals surface area (Å²) in [6.45, 7) is 5.48. The fourth-order valence-electron chi connectivity index (χ4n) is 6.19. The third kappa shape index (κ3) is 6.29. The SMILES string of the molecule is CC1(C)C2CCC1(CS(=O)(=O)O)C(=O)C2.COC(=O)[C@H](c1ccccc1Cl)N1CCc2sccc2C1.S.S. The molecule has 12 heteroatoms. The van der Waals surface area contributed by atoms with Gasteiger partial charge in [-0.25, -0.2) is 4.79 Å². The first-order valence-corrected chi connectivity index (χ1v) is 14.9. The molecule has 3 atom stereocenters. The number of hydrogen-bond acceptors (Lipinski definition) is 7. The lowest BCUT2D eigenvalue weighted by atomic mass is 9.70. The van der Waals surface area contributed by atoms with Gasteiger partial charge in [-0.3, -0.25) is 14.2 Å². The van der Waals surface area contributed by atoms with Crippen molar-refractivity contribution in [3.63, 3.8) is 0 Å². The standard InChI is InChI=1S/C16H16ClNO2S.C10H16O4S.2H2S/c1-20-16(19)15(12-4-2-3-5-13(12)17)18-8-6-14-11(10-18)7-9-21-14;1-9(2)7-3-4-10(9,8(11)5-7)6-15(12,13)14;;/h2-5,7,9,15H,6,8,10H2,1H3;7H,3-6H2,1-2H3,(H,12,13,14);2*1H2/t15-;;;/m0.../s1. The van der Waals surface area contributed by atoms with Crippen LogP contribution in [-0.2, 0) is 37.4 Å². The molecule has 2 saturated carbocycles. The van der Waals surface area contributed by atoms with Crippen LogP contribution in [0.4, 0.5) is 0 Å². The zero-order valence-corrected chi connectivity index (χ0v) is 26.1. The molecule has 0 spiro atoms. The molecule has 1 aromatic carbocycles. The lowest BCUT2D eigenvalue weighted by Gasteiger charge is -2.35. The number of carbonyl (C=O) groups excluding carboxylic acids is 2. The predicted molar refractivity (Wildman–Crippen MR) is 160 cm³/mol. The van der Waals surface area contributed by atoms with Crippen LogP contribution in [0.5, 0.6) is 0 Å². The second-order valence-electron chi connectivity index (χ2n) is 10.4. The highest BCUT2D eigenvalue weighted by molar-refractivity contribution is 7.85. The van der Waals surface area contributed by atoms with E-state index in [1.165, 1.54) is 17.6 Å². The third-order valence-corrected chi connectivity index (χ3v) is 10.6. The Hall–Kier alpha value is -1.08. The average Bonchev–Trinajstić information content (AvgIpc) is 3.42. The van der Waals surface area contributed by atoms with E-state index in [-0.39, 0.29) is 50.1 Å². The number of thiophene rings is 1. The van der Waals surface area contributed by atoms with Crippen molar-refractivity contribution in [2.24, 2.45) is 16.7 Å². The number of Topliss-reactive ketones (excluding diaryl/α,β-unsaturated/α-hetero) is 1. The third-order valence-electron chi connectivity index (χ3n) is 8.39. The summed E-state index contributed by atoms with van der Waals surface area (Å²) in [7, 11) is -2.65. The molecule has 2 aliphatic carbocycles. The van der Waals surface area contributed by atoms with Crippen LogP contribution in [0, 0.1) is 16.7 Å². The number of esters is 1. The quantitative estimate of drug-likeness (QED) is 0.363. The van der Waals surface area contributed by atoms with Crippen LogP contribution in [0.3, 0.4) is 0 Å². The second kappa shape index (κ2) is 12.6. The van der Waals surface area contributed by atoms with Gasteiger partial charge in [0.05, 0.1) is 18.3 Å². The van der Waals surface area contributed by atoms with Gasteiger partial charge in [-0.2, -0.15) is 35.4 Å². The Balaban J connectivity index is 0.000000266. The van der Waals surface area contributed by atoms with E-state index < -0.39 is 27.3 Å². The summed E-state index contributed by atoms with van der Waals surface area (Å²) in [6, 6.07) is 9.16. The maximum Gasteiger partial charge on any atom is 0.327 e. The molecule has 1 aliphatic heterocycles. The number of fused-ring (bicyclic) bond motifs is 3. The Labute approximate surface area is 247 Å². The molecule has 2 heterocycles. The number of nitrogens with zero attached hydrogens (tertiary/aromatic N) is 1. The number of carbonyl (C=O) groups is 2. The van der Waals surface area contributed by atoms with E-state index in [4.69, 9.17) is 20.9 Å². The lowest BCUT2D eigenvalue weighted by molar-refractivity contribution is -0.147. The molecule has 2 aromatic rings. The number of benzene rings is 1. The van der Waals surface area contributed by atoms with Crippen molar-refractivity contribution >= 4 is 71.8 Å². The van der Waals surface area contributed by atoms with Gasteiger partial charge in [0.1, 0.15) is 11.8 Å². The van der Waals surface area contributed by atoms with Crippen molar-refractivity contribution in [3.05, 3.63) is 56.7 Å². The van der Waals surface area contributed by atoms with Crippen LogP contribution in [0.15, 0.2) is 35.7 Å². The Kier molecular flexibility index (Phi) is 11.0. The first-order chi connectivity index (χ1) is 16.9. The summed E-state index contributed by atoms with van der Waals surface area (Å²) in [5.74, 6) is -0.364. The van der Waals surface area contributed by atoms with Crippen molar-refractivity contribution in [2.75, 3.05) is 19.4 Å². The molecule has 0 saturated heterocycles. The van der Waals surface area contributed by atoms with Crippen LogP contribution < -0.4 is 0 Å².